The second-order valence-corrected chi connectivity index (χ2v) is 8.20. The molecule has 3 N–H and O–H groups in total. The van der Waals surface area contributed by atoms with Gasteiger partial charge in [0.1, 0.15) is 0 Å². The minimum atomic E-state index is -0.250. The van der Waals surface area contributed by atoms with Crippen molar-refractivity contribution in [3.8, 4) is 5.75 Å². The first-order chi connectivity index (χ1) is 13.0. The molecule has 27 heavy (non-hydrogen) atoms. The van der Waals surface area contributed by atoms with Gasteiger partial charge in [-0.3, -0.25) is 9.62 Å². The van der Waals surface area contributed by atoms with Crippen LogP contribution in [0.15, 0.2) is 42.5 Å². The Kier molecular flexibility index (Phi) is 7.66. The molecule has 1 aliphatic rings. The Hall–Kier alpha value is -0.990. The SMILES string of the molecule is OOc1ccc(C(CN2CCC(O)C2)NSCc2ccc(Cl)c(Cl)c2)cc1. The highest BCUT2D eigenvalue weighted by Gasteiger charge is 2.24. The fourth-order valence-electron chi connectivity index (χ4n) is 3.06. The van der Waals surface area contributed by atoms with Crippen LogP contribution in [0.4, 0.5) is 0 Å². The van der Waals surface area contributed by atoms with E-state index in [1.54, 1.807) is 30.1 Å². The quantitative estimate of drug-likeness (QED) is 0.329. The van der Waals surface area contributed by atoms with Crippen LogP contribution in [-0.2, 0) is 5.75 Å². The normalized spacial score (nSPS) is 18.6. The topological polar surface area (TPSA) is 65.0 Å². The second-order valence-electron chi connectivity index (χ2n) is 6.57. The van der Waals surface area contributed by atoms with E-state index in [1.807, 2.05) is 24.3 Å². The maximum absolute atomic E-state index is 9.79. The standard InChI is InChI=1S/C19H22Cl2N2O3S/c20-17-6-1-13(9-18(17)21)12-27-22-19(11-23-8-7-15(24)10-23)14-2-4-16(26-25)5-3-14/h1-6,9,15,19,22,24-25H,7-8,10-12H2. The summed E-state index contributed by atoms with van der Waals surface area (Å²) in [4.78, 5) is 6.51. The number of β-amino-alcohol motifs (C(OH)–C–C–N with tert-alkyl or cyclic N) is 1. The van der Waals surface area contributed by atoms with E-state index in [4.69, 9.17) is 28.5 Å². The van der Waals surface area contributed by atoms with Crippen LogP contribution in [0.1, 0.15) is 23.6 Å². The minimum Gasteiger partial charge on any atom is -0.392 e. The summed E-state index contributed by atoms with van der Waals surface area (Å²) < 4.78 is 3.51. The van der Waals surface area contributed by atoms with Crippen LogP contribution < -0.4 is 9.61 Å². The van der Waals surface area contributed by atoms with E-state index in [2.05, 4.69) is 14.5 Å². The molecule has 1 saturated heterocycles. The molecule has 1 aliphatic heterocycles. The fourth-order valence-corrected chi connectivity index (χ4v) is 4.23. The fraction of sp³-hybridized carbons (Fsp3) is 0.368. The molecule has 3 rings (SSSR count). The van der Waals surface area contributed by atoms with Gasteiger partial charge in [-0.1, -0.05) is 53.3 Å². The molecular weight excluding hydrogens is 407 g/mol. The van der Waals surface area contributed by atoms with Crippen LogP contribution in [0.25, 0.3) is 0 Å². The Bertz CT molecular complexity index is 748. The lowest BCUT2D eigenvalue weighted by Crippen LogP contribution is -2.32. The van der Waals surface area contributed by atoms with Gasteiger partial charge in [0.25, 0.3) is 0 Å². The van der Waals surface area contributed by atoms with Gasteiger partial charge < -0.3 is 9.99 Å². The molecule has 0 spiro atoms. The average molecular weight is 429 g/mol. The maximum atomic E-state index is 9.79. The lowest BCUT2D eigenvalue weighted by molar-refractivity contribution is -0.137. The van der Waals surface area contributed by atoms with E-state index >= 15 is 0 Å². The molecule has 2 aromatic carbocycles. The van der Waals surface area contributed by atoms with Gasteiger partial charge in [0.15, 0.2) is 5.75 Å². The van der Waals surface area contributed by atoms with Crippen molar-refractivity contribution in [1.82, 2.24) is 9.62 Å². The number of likely N-dealkylation sites (tertiary alicyclic amines) is 1. The monoisotopic (exact) mass is 428 g/mol. The number of rotatable bonds is 8. The largest absolute Gasteiger partial charge is 0.392 e. The van der Waals surface area contributed by atoms with Crippen molar-refractivity contribution in [2.75, 3.05) is 19.6 Å². The van der Waals surface area contributed by atoms with E-state index in [-0.39, 0.29) is 12.1 Å². The van der Waals surface area contributed by atoms with Crippen molar-refractivity contribution in [2.24, 2.45) is 0 Å². The van der Waals surface area contributed by atoms with Crippen LogP contribution in [0.5, 0.6) is 5.75 Å². The lowest BCUT2D eigenvalue weighted by atomic mass is 10.1. The molecule has 0 saturated carbocycles. The summed E-state index contributed by atoms with van der Waals surface area (Å²) in [5, 5.41) is 19.7. The molecule has 5 nitrogen and oxygen atoms in total. The summed E-state index contributed by atoms with van der Waals surface area (Å²) in [5.74, 6) is 1.14. The van der Waals surface area contributed by atoms with Crippen LogP contribution in [-0.4, -0.2) is 41.0 Å². The van der Waals surface area contributed by atoms with Crippen LogP contribution in [0.3, 0.4) is 0 Å². The maximum Gasteiger partial charge on any atom is 0.165 e. The van der Waals surface area contributed by atoms with Gasteiger partial charge in [0, 0.05) is 25.4 Å². The van der Waals surface area contributed by atoms with Crippen molar-refractivity contribution < 1.29 is 15.3 Å². The predicted octanol–water partition coefficient (Wildman–Crippen LogP) is 4.39. The molecule has 2 unspecified atom stereocenters. The highest BCUT2D eigenvalue weighted by molar-refractivity contribution is 7.96. The molecule has 2 atom stereocenters. The summed E-state index contributed by atoms with van der Waals surface area (Å²) in [5.41, 5.74) is 2.17. The van der Waals surface area contributed by atoms with Crippen molar-refractivity contribution in [1.29, 1.82) is 0 Å². The highest BCUT2D eigenvalue weighted by Crippen LogP contribution is 2.26. The minimum absolute atomic E-state index is 0.0656. The molecule has 146 valence electrons. The van der Waals surface area contributed by atoms with Crippen molar-refractivity contribution >= 4 is 35.1 Å². The predicted molar refractivity (Wildman–Crippen MR) is 110 cm³/mol. The van der Waals surface area contributed by atoms with E-state index in [0.29, 0.717) is 22.3 Å². The van der Waals surface area contributed by atoms with Gasteiger partial charge in [-0.15, -0.1) is 0 Å². The van der Waals surface area contributed by atoms with Gasteiger partial charge in [-0.2, -0.15) is 0 Å². The first-order valence-corrected chi connectivity index (χ1v) is 10.4. The van der Waals surface area contributed by atoms with E-state index < -0.39 is 0 Å². The van der Waals surface area contributed by atoms with E-state index in [0.717, 1.165) is 36.4 Å². The summed E-state index contributed by atoms with van der Waals surface area (Å²) >= 11 is 13.6. The first-order valence-electron chi connectivity index (χ1n) is 8.68. The Balaban J connectivity index is 1.63. The Labute approximate surface area is 173 Å². The van der Waals surface area contributed by atoms with Gasteiger partial charge in [-0.25, -0.2) is 5.26 Å². The Morgan fingerprint density at radius 1 is 1.19 bits per heavy atom. The van der Waals surface area contributed by atoms with E-state index in [1.165, 1.54) is 0 Å². The molecule has 0 amide bonds. The number of halogens is 2. The molecule has 0 bridgehead atoms. The van der Waals surface area contributed by atoms with Crippen LogP contribution >= 0.6 is 35.1 Å². The third kappa shape index (κ3) is 5.99. The zero-order valence-electron chi connectivity index (χ0n) is 14.6. The number of nitrogens with zero attached hydrogens (tertiary/aromatic N) is 1. The summed E-state index contributed by atoms with van der Waals surface area (Å²) in [6.07, 6.45) is 0.556. The number of aliphatic hydroxyl groups is 1. The van der Waals surface area contributed by atoms with Gasteiger partial charge in [0.05, 0.1) is 22.2 Å². The van der Waals surface area contributed by atoms with Crippen LogP contribution in [0, 0.1) is 0 Å². The Morgan fingerprint density at radius 3 is 2.59 bits per heavy atom. The number of hydrogen-bond donors (Lipinski definition) is 3. The van der Waals surface area contributed by atoms with Crippen molar-refractivity contribution in [3.05, 3.63) is 63.6 Å². The smallest absolute Gasteiger partial charge is 0.165 e. The van der Waals surface area contributed by atoms with Crippen molar-refractivity contribution in [3.63, 3.8) is 0 Å². The highest BCUT2D eigenvalue weighted by atomic mass is 35.5. The second kappa shape index (κ2) is 9.98. The summed E-state index contributed by atoms with van der Waals surface area (Å²) in [7, 11) is 0. The van der Waals surface area contributed by atoms with E-state index in [9.17, 15) is 5.11 Å². The third-order valence-electron chi connectivity index (χ3n) is 4.52. The summed E-state index contributed by atoms with van der Waals surface area (Å²) in [6.45, 7) is 2.35. The first kappa shape index (κ1) is 20.7. The third-order valence-corrected chi connectivity index (χ3v) is 6.19. The van der Waals surface area contributed by atoms with Gasteiger partial charge in [-0.05, 0) is 41.8 Å². The van der Waals surface area contributed by atoms with Gasteiger partial charge >= 0.3 is 0 Å². The molecule has 2 aromatic rings. The molecular formula is C19H22Cl2N2O3S. The number of nitrogens with one attached hydrogen (secondary N) is 1. The van der Waals surface area contributed by atoms with Crippen molar-refractivity contribution in [2.45, 2.75) is 24.3 Å². The molecule has 8 heteroatoms. The number of benzene rings is 2. The average Bonchev–Trinajstić information content (AvgIpc) is 3.09. The zero-order valence-corrected chi connectivity index (χ0v) is 17.0. The zero-order chi connectivity index (χ0) is 19.2. The Morgan fingerprint density at radius 2 is 1.96 bits per heavy atom. The summed E-state index contributed by atoms with van der Waals surface area (Å²) in [6, 6.07) is 13.0. The number of aliphatic hydroxyl groups excluding tert-OH is 1. The van der Waals surface area contributed by atoms with Gasteiger partial charge in [0.2, 0.25) is 0 Å². The number of hydrogen-bond acceptors (Lipinski definition) is 6. The molecule has 1 heterocycles. The molecule has 0 aliphatic carbocycles. The van der Waals surface area contributed by atoms with Crippen LogP contribution in [0.2, 0.25) is 10.0 Å². The molecule has 0 aromatic heterocycles. The molecule has 1 fully saturated rings. The molecule has 0 radical (unpaired) electrons. The lowest BCUT2D eigenvalue weighted by Gasteiger charge is -2.24.